The minimum atomic E-state index is -0.0159. The van der Waals surface area contributed by atoms with Crippen molar-refractivity contribution in [3.63, 3.8) is 0 Å². The summed E-state index contributed by atoms with van der Waals surface area (Å²) < 4.78 is 0. The van der Waals surface area contributed by atoms with Crippen molar-refractivity contribution in [3.8, 4) is 11.1 Å². The van der Waals surface area contributed by atoms with Gasteiger partial charge in [-0.1, -0.05) is 75.4 Å². The van der Waals surface area contributed by atoms with Crippen LogP contribution in [0.4, 0.5) is 0 Å². The van der Waals surface area contributed by atoms with Gasteiger partial charge in [-0.15, -0.1) is 0 Å². The maximum Gasteiger partial charge on any atom is 0.166 e. The number of carbonyl (C=O) groups is 2. The van der Waals surface area contributed by atoms with Crippen LogP contribution >= 0.6 is 0 Å². The smallest absolute Gasteiger partial charge is 0.166 e. The number of hydrogen-bond acceptors (Lipinski definition) is 2. The molecule has 0 spiro atoms. The number of Topliss-reactive ketones (excluding diaryl/α,β-unsaturated/α-hetero) is 1. The van der Waals surface area contributed by atoms with E-state index in [-0.39, 0.29) is 23.5 Å². The number of carbonyl (C=O) groups excluding carboxylic acids is 2. The Hall–Kier alpha value is -2.22. The molecule has 2 aromatic rings. The van der Waals surface area contributed by atoms with Gasteiger partial charge >= 0.3 is 0 Å². The molecule has 0 heterocycles. The average molecular weight is 322 g/mol. The Morgan fingerprint density at radius 3 is 2.04 bits per heavy atom. The number of benzene rings is 2. The highest BCUT2D eigenvalue weighted by atomic mass is 16.1. The summed E-state index contributed by atoms with van der Waals surface area (Å²) >= 11 is 0. The predicted octanol–water partition coefficient (Wildman–Crippen LogP) is 5.42. The van der Waals surface area contributed by atoms with Crippen molar-refractivity contribution >= 4 is 12.1 Å². The molecule has 3 rings (SSSR count). The normalized spacial score (nSPS) is 22.4. The van der Waals surface area contributed by atoms with E-state index in [0.717, 1.165) is 35.8 Å². The molecule has 1 unspecified atom stereocenters. The second kappa shape index (κ2) is 8.58. The van der Waals surface area contributed by atoms with Gasteiger partial charge in [-0.3, -0.25) is 4.79 Å². The van der Waals surface area contributed by atoms with Crippen LogP contribution in [0.1, 0.15) is 44.0 Å². The Balaban J connectivity index is 0.00000100. The first-order valence-corrected chi connectivity index (χ1v) is 8.85. The molecular weight excluding hydrogens is 296 g/mol. The lowest BCUT2D eigenvalue weighted by Crippen LogP contribution is -2.20. The van der Waals surface area contributed by atoms with Crippen LogP contribution in [0.2, 0.25) is 0 Å². The lowest BCUT2D eigenvalue weighted by Gasteiger charge is -2.16. The second-order valence-electron chi connectivity index (χ2n) is 6.15. The van der Waals surface area contributed by atoms with Crippen molar-refractivity contribution in [1.82, 2.24) is 0 Å². The van der Waals surface area contributed by atoms with Crippen LogP contribution in [-0.2, 0) is 4.79 Å². The number of ketones is 1. The monoisotopic (exact) mass is 322 g/mol. The quantitative estimate of drug-likeness (QED) is 0.556. The van der Waals surface area contributed by atoms with Crippen LogP contribution in [-0.4, -0.2) is 12.1 Å². The molecule has 2 heteroatoms. The molecule has 1 aliphatic rings. The van der Waals surface area contributed by atoms with Gasteiger partial charge in [-0.25, -0.2) is 0 Å². The Morgan fingerprint density at radius 2 is 1.50 bits per heavy atom. The van der Waals surface area contributed by atoms with Gasteiger partial charge < -0.3 is 4.79 Å². The van der Waals surface area contributed by atoms with Crippen LogP contribution < -0.4 is 0 Å². The summed E-state index contributed by atoms with van der Waals surface area (Å²) in [4.78, 5) is 23.7. The van der Waals surface area contributed by atoms with E-state index < -0.39 is 0 Å². The number of rotatable bonds is 4. The van der Waals surface area contributed by atoms with E-state index in [4.69, 9.17) is 0 Å². The third kappa shape index (κ3) is 3.81. The Bertz CT molecular complexity index is 658. The molecule has 24 heavy (non-hydrogen) atoms. The molecule has 1 aliphatic carbocycles. The van der Waals surface area contributed by atoms with Crippen LogP contribution in [0.15, 0.2) is 54.6 Å². The molecule has 2 aromatic carbocycles. The van der Waals surface area contributed by atoms with Gasteiger partial charge in [0.25, 0.3) is 0 Å². The minimum Gasteiger partial charge on any atom is -0.303 e. The molecule has 3 atom stereocenters. The van der Waals surface area contributed by atoms with Crippen molar-refractivity contribution in [3.05, 3.63) is 60.2 Å². The third-order valence-corrected chi connectivity index (χ3v) is 4.91. The zero-order valence-electron chi connectivity index (χ0n) is 14.7. The zero-order valence-corrected chi connectivity index (χ0v) is 14.7. The number of aldehydes is 1. The highest BCUT2D eigenvalue weighted by Crippen LogP contribution is 2.37. The molecule has 126 valence electrons. The van der Waals surface area contributed by atoms with E-state index in [9.17, 15) is 9.59 Å². The molecule has 1 saturated carbocycles. The second-order valence-corrected chi connectivity index (χ2v) is 6.15. The molecule has 0 aliphatic heterocycles. The maximum atomic E-state index is 12.7. The molecule has 0 bridgehead atoms. The molecule has 0 N–H and O–H groups in total. The van der Waals surface area contributed by atoms with Crippen LogP contribution in [0.3, 0.4) is 0 Å². The first-order valence-electron chi connectivity index (χ1n) is 8.85. The van der Waals surface area contributed by atoms with Crippen molar-refractivity contribution in [1.29, 1.82) is 0 Å². The molecule has 2 nitrogen and oxygen atoms in total. The van der Waals surface area contributed by atoms with E-state index in [1.54, 1.807) is 0 Å². The largest absolute Gasteiger partial charge is 0.303 e. The Labute approximate surface area is 144 Å². The fourth-order valence-corrected chi connectivity index (χ4v) is 3.43. The topological polar surface area (TPSA) is 34.1 Å². The Morgan fingerprint density at radius 1 is 0.917 bits per heavy atom. The molecular formula is C22H26O2. The summed E-state index contributed by atoms with van der Waals surface area (Å²) in [5, 5.41) is 0. The van der Waals surface area contributed by atoms with E-state index in [1.807, 2.05) is 63.2 Å². The standard InChI is InChI=1S/C20H20O2.C2H6/c1-14-18(13-21)11-12-19(14)20(22)17-9-7-16(8-10-17)15-5-3-2-4-6-15;1-2/h2-10,13-14,18-19H,11-12H2,1H3;1-2H3/t14-,18-,19?;/m0./s1. The zero-order chi connectivity index (χ0) is 17.5. The summed E-state index contributed by atoms with van der Waals surface area (Å²) in [6.45, 7) is 6.02. The first-order chi connectivity index (χ1) is 11.7. The van der Waals surface area contributed by atoms with E-state index >= 15 is 0 Å². The summed E-state index contributed by atoms with van der Waals surface area (Å²) in [6.07, 6.45) is 2.67. The van der Waals surface area contributed by atoms with Gasteiger partial charge in [-0.2, -0.15) is 0 Å². The lowest BCUT2D eigenvalue weighted by atomic mass is 9.86. The third-order valence-electron chi connectivity index (χ3n) is 4.91. The summed E-state index contributed by atoms with van der Waals surface area (Å²) in [5.74, 6) is 0.352. The summed E-state index contributed by atoms with van der Waals surface area (Å²) in [5.41, 5.74) is 3.02. The van der Waals surface area contributed by atoms with E-state index in [2.05, 4.69) is 12.1 Å². The van der Waals surface area contributed by atoms with Gasteiger partial charge in [0, 0.05) is 17.4 Å². The molecule has 1 fully saturated rings. The maximum absolute atomic E-state index is 12.7. The van der Waals surface area contributed by atoms with Crippen LogP contribution in [0.25, 0.3) is 11.1 Å². The first kappa shape index (κ1) is 18.1. The fourth-order valence-electron chi connectivity index (χ4n) is 3.43. The van der Waals surface area contributed by atoms with Crippen LogP contribution in [0.5, 0.6) is 0 Å². The molecule has 0 radical (unpaired) electrons. The van der Waals surface area contributed by atoms with E-state index in [0.29, 0.717) is 0 Å². The molecule has 0 aromatic heterocycles. The molecule has 0 amide bonds. The minimum absolute atomic E-state index is 0.0159. The fraction of sp³-hybridized carbons (Fsp3) is 0.364. The van der Waals surface area contributed by atoms with Gasteiger partial charge in [-0.05, 0) is 29.9 Å². The molecule has 0 saturated heterocycles. The van der Waals surface area contributed by atoms with Gasteiger partial charge in [0.1, 0.15) is 6.29 Å². The van der Waals surface area contributed by atoms with Crippen molar-refractivity contribution < 1.29 is 9.59 Å². The predicted molar refractivity (Wildman–Crippen MR) is 99.0 cm³/mol. The highest BCUT2D eigenvalue weighted by molar-refractivity contribution is 5.98. The van der Waals surface area contributed by atoms with Gasteiger partial charge in [0.05, 0.1) is 0 Å². The lowest BCUT2D eigenvalue weighted by molar-refractivity contribution is -0.111. The van der Waals surface area contributed by atoms with Crippen molar-refractivity contribution in [2.24, 2.45) is 17.8 Å². The van der Waals surface area contributed by atoms with Crippen molar-refractivity contribution in [2.45, 2.75) is 33.6 Å². The van der Waals surface area contributed by atoms with Crippen LogP contribution in [0, 0.1) is 17.8 Å². The van der Waals surface area contributed by atoms with Crippen molar-refractivity contribution in [2.75, 3.05) is 0 Å². The SMILES string of the molecule is CC.C[C@@H]1C(C(=O)c2ccc(-c3ccccc3)cc2)CC[C@H]1C=O. The van der Waals surface area contributed by atoms with E-state index in [1.165, 1.54) is 0 Å². The summed E-state index contributed by atoms with van der Waals surface area (Å²) in [7, 11) is 0. The average Bonchev–Trinajstić information content (AvgIpc) is 3.04. The van der Waals surface area contributed by atoms with Gasteiger partial charge in [0.2, 0.25) is 0 Å². The van der Waals surface area contributed by atoms with Gasteiger partial charge in [0.15, 0.2) is 5.78 Å². The highest BCUT2D eigenvalue weighted by Gasteiger charge is 2.37. The number of hydrogen-bond donors (Lipinski definition) is 0. The summed E-state index contributed by atoms with van der Waals surface area (Å²) in [6, 6.07) is 17.9. The Kier molecular flexibility index (Phi) is 6.48.